The Morgan fingerprint density at radius 3 is 1.88 bits per heavy atom. The van der Waals surface area contributed by atoms with Gasteiger partial charge >= 0.3 is 0 Å². The van der Waals surface area contributed by atoms with Gasteiger partial charge in [-0.3, -0.25) is 0 Å². The number of rotatable bonds is 13. The molecule has 6 rings (SSSR count). The molecule has 15 heteroatoms. The minimum absolute atomic E-state index is 0.0252. The van der Waals surface area contributed by atoms with Crippen molar-refractivity contribution in [1.29, 1.82) is 0 Å². The number of methoxy groups -OCH3 is 3. The van der Waals surface area contributed by atoms with Crippen molar-refractivity contribution in [2.45, 2.75) is 55.1 Å². The van der Waals surface area contributed by atoms with Gasteiger partial charge in [-0.05, 0) is 53.1 Å². The van der Waals surface area contributed by atoms with Crippen molar-refractivity contribution >= 4 is 0 Å². The van der Waals surface area contributed by atoms with Crippen LogP contribution in [0.3, 0.4) is 0 Å². The Morgan fingerprint density at radius 2 is 1.27 bits per heavy atom. The summed E-state index contributed by atoms with van der Waals surface area (Å²) in [5.41, 5.74) is 2.00. The van der Waals surface area contributed by atoms with Crippen molar-refractivity contribution in [3.05, 3.63) is 71.3 Å². The lowest BCUT2D eigenvalue weighted by molar-refractivity contribution is -0.305. The topological polar surface area (TPSA) is 215 Å². The normalized spacial score (nSPS) is 30.0. The van der Waals surface area contributed by atoms with Gasteiger partial charge in [-0.1, -0.05) is 18.2 Å². The Morgan fingerprint density at radius 1 is 0.706 bits per heavy atom. The van der Waals surface area contributed by atoms with Crippen LogP contribution in [-0.4, -0.2) is 120 Å². The van der Waals surface area contributed by atoms with Crippen molar-refractivity contribution in [2.24, 2.45) is 11.8 Å². The predicted molar refractivity (Wildman–Crippen MR) is 176 cm³/mol. The van der Waals surface area contributed by atoms with Gasteiger partial charge in [0.05, 0.1) is 60.0 Å². The molecule has 3 aromatic rings. The first-order valence-corrected chi connectivity index (χ1v) is 16.5. The molecule has 0 bridgehead atoms. The van der Waals surface area contributed by atoms with Gasteiger partial charge in [0, 0.05) is 11.8 Å². The Labute approximate surface area is 294 Å². The van der Waals surface area contributed by atoms with Crippen LogP contribution >= 0.6 is 0 Å². The van der Waals surface area contributed by atoms with Gasteiger partial charge in [0.15, 0.2) is 46.9 Å². The van der Waals surface area contributed by atoms with Crippen LogP contribution in [-0.2, 0) is 18.9 Å². The van der Waals surface area contributed by atoms with E-state index in [0.29, 0.717) is 30.3 Å². The maximum absolute atomic E-state index is 11.5. The highest BCUT2D eigenvalue weighted by atomic mass is 16.7. The molecule has 3 saturated heterocycles. The molecule has 0 amide bonds. The van der Waals surface area contributed by atoms with Crippen LogP contribution in [0.2, 0.25) is 0 Å². The number of benzene rings is 3. The second-order valence-corrected chi connectivity index (χ2v) is 12.7. The number of hydrogen-bond donors (Lipinski definition) is 7. The maximum atomic E-state index is 11.5. The van der Waals surface area contributed by atoms with Crippen molar-refractivity contribution in [3.8, 4) is 34.5 Å². The summed E-state index contributed by atoms with van der Waals surface area (Å²) in [5.74, 6) is 1.01. The minimum Gasteiger partial charge on any atom is -0.504 e. The van der Waals surface area contributed by atoms with Crippen molar-refractivity contribution in [3.63, 3.8) is 0 Å². The number of aliphatic hydroxyl groups is 5. The van der Waals surface area contributed by atoms with E-state index in [1.165, 1.54) is 39.5 Å². The molecule has 15 nitrogen and oxygen atoms in total. The highest BCUT2D eigenvalue weighted by Crippen LogP contribution is 2.51. The molecule has 51 heavy (non-hydrogen) atoms. The fourth-order valence-corrected chi connectivity index (χ4v) is 6.90. The van der Waals surface area contributed by atoms with Crippen LogP contribution < -0.4 is 18.9 Å². The van der Waals surface area contributed by atoms with E-state index in [1.807, 2.05) is 12.1 Å². The van der Waals surface area contributed by atoms with Crippen LogP contribution in [0.25, 0.3) is 0 Å². The Balaban J connectivity index is 1.22. The fraction of sp³-hybridized carbons (Fsp3) is 0.500. The third-order valence-electron chi connectivity index (χ3n) is 9.76. The summed E-state index contributed by atoms with van der Waals surface area (Å²) in [6.07, 6.45) is -10.7. The fourth-order valence-electron chi connectivity index (χ4n) is 6.90. The summed E-state index contributed by atoms with van der Waals surface area (Å²) >= 11 is 0. The molecule has 3 aromatic carbocycles. The first kappa shape index (κ1) is 36.9. The van der Waals surface area contributed by atoms with Crippen LogP contribution in [0.4, 0.5) is 0 Å². The molecule has 3 aliphatic rings. The smallest absolute Gasteiger partial charge is 0.186 e. The summed E-state index contributed by atoms with van der Waals surface area (Å²) in [4.78, 5) is 0. The molecule has 0 radical (unpaired) electrons. The molecule has 3 aliphatic heterocycles. The number of fused-ring (bicyclic) bond motifs is 1. The van der Waals surface area contributed by atoms with E-state index in [1.54, 1.807) is 24.3 Å². The van der Waals surface area contributed by atoms with Crippen molar-refractivity contribution in [1.82, 2.24) is 0 Å². The van der Waals surface area contributed by atoms with Crippen LogP contribution in [0.1, 0.15) is 35.0 Å². The number of aliphatic hydroxyl groups excluding tert-OH is 5. The van der Waals surface area contributed by atoms with E-state index >= 15 is 0 Å². The molecule has 278 valence electrons. The largest absolute Gasteiger partial charge is 0.504 e. The van der Waals surface area contributed by atoms with Crippen molar-refractivity contribution < 1.29 is 73.6 Å². The zero-order chi connectivity index (χ0) is 36.4. The standard InChI is InChI=1S/C36H44O15/c1-44-25-10-17(4-7-22(25)38)30(40)29(16-49-36-33(43)32(42)31(41)28(13-37)51-36)50-24-9-6-19(12-27(24)46-3)35-21-15-47-34(20(21)14-48-35)18-5-8-23(39)26(11-18)45-2/h4-12,20-21,28-43H,13-16H2,1-3H3. The van der Waals surface area contributed by atoms with Gasteiger partial charge in [-0.25, -0.2) is 0 Å². The molecule has 0 saturated carbocycles. The van der Waals surface area contributed by atoms with Gasteiger partial charge in [-0.15, -0.1) is 0 Å². The van der Waals surface area contributed by atoms with Gasteiger partial charge < -0.3 is 73.6 Å². The number of aromatic hydroxyl groups is 2. The second kappa shape index (κ2) is 15.8. The highest BCUT2D eigenvalue weighted by molar-refractivity contribution is 5.46. The Hall–Kier alpha value is -3.90. The zero-order valence-corrected chi connectivity index (χ0v) is 28.3. The summed E-state index contributed by atoms with van der Waals surface area (Å²) in [7, 11) is 4.33. The summed E-state index contributed by atoms with van der Waals surface area (Å²) < 4.78 is 46.3. The van der Waals surface area contributed by atoms with E-state index in [0.717, 1.165) is 11.1 Å². The Kier molecular flexibility index (Phi) is 11.4. The summed E-state index contributed by atoms with van der Waals surface area (Å²) in [5, 5.41) is 72.2. The van der Waals surface area contributed by atoms with E-state index in [9.17, 15) is 35.7 Å². The molecular formula is C36H44O15. The average molecular weight is 717 g/mol. The van der Waals surface area contributed by atoms with Gasteiger partial charge in [0.1, 0.15) is 30.5 Å². The molecule has 3 fully saturated rings. The van der Waals surface area contributed by atoms with E-state index in [-0.39, 0.29) is 47.0 Å². The second-order valence-electron chi connectivity index (χ2n) is 12.7. The van der Waals surface area contributed by atoms with Crippen molar-refractivity contribution in [2.75, 3.05) is 47.8 Å². The Bertz CT molecular complexity index is 1630. The molecule has 11 atom stereocenters. The first-order valence-electron chi connectivity index (χ1n) is 16.5. The average Bonchev–Trinajstić information content (AvgIpc) is 3.76. The van der Waals surface area contributed by atoms with E-state index in [4.69, 9.17) is 37.9 Å². The van der Waals surface area contributed by atoms with Gasteiger partial charge in [0.25, 0.3) is 0 Å². The highest BCUT2D eigenvalue weighted by Gasteiger charge is 2.48. The molecule has 0 aromatic heterocycles. The van der Waals surface area contributed by atoms with E-state index in [2.05, 4.69) is 0 Å². The van der Waals surface area contributed by atoms with Crippen LogP contribution in [0, 0.1) is 11.8 Å². The number of phenolic OH excluding ortho intramolecular Hbond substituents is 2. The van der Waals surface area contributed by atoms with Crippen LogP contribution in [0.5, 0.6) is 34.5 Å². The number of ether oxygens (including phenoxy) is 8. The molecule has 11 unspecified atom stereocenters. The third kappa shape index (κ3) is 7.40. The molecule has 3 heterocycles. The quantitative estimate of drug-likeness (QED) is 0.133. The maximum Gasteiger partial charge on any atom is 0.186 e. The first-order chi connectivity index (χ1) is 24.6. The molecule has 0 spiro atoms. The zero-order valence-electron chi connectivity index (χ0n) is 28.3. The number of phenols is 2. The lowest BCUT2D eigenvalue weighted by atomic mass is 9.85. The number of hydrogen-bond acceptors (Lipinski definition) is 15. The molecule has 7 N–H and O–H groups in total. The third-order valence-corrected chi connectivity index (χ3v) is 9.76. The minimum atomic E-state index is -1.67. The van der Waals surface area contributed by atoms with E-state index < -0.39 is 56.1 Å². The molecular weight excluding hydrogens is 672 g/mol. The van der Waals surface area contributed by atoms with Crippen LogP contribution in [0.15, 0.2) is 54.6 Å². The lowest BCUT2D eigenvalue weighted by Gasteiger charge is -2.40. The monoisotopic (exact) mass is 716 g/mol. The van der Waals surface area contributed by atoms with Gasteiger partial charge in [-0.2, -0.15) is 0 Å². The summed E-state index contributed by atoms with van der Waals surface area (Å²) in [6, 6.07) is 14.7. The van der Waals surface area contributed by atoms with Gasteiger partial charge in [0.2, 0.25) is 0 Å². The SMILES string of the molecule is COc1cc(C(O)C(COC2OC(CO)C(O)C(O)C2O)Oc2ccc(C3OCC4C(c5ccc(O)c(OC)c5)OCC34)cc2OC)ccc1O. The molecule has 0 aliphatic carbocycles. The summed E-state index contributed by atoms with van der Waals surface area (Å²) in [6.45, 7) is -0.157. The lowest BCUT2D eigenvalue weighted by Crippen LogP contribution is -2.59. The predicted octanol–water partition coefficient (Wildman–Crippen LogP) is 1.50.